The number of nitrogens with one attached hydrogen (secondary N) is 1. The predicted octanol–water partition coefficient (Wildman–Crippen LogP) is 1.63. The number of aromatic carboxylic acids is 1. The molecule has 8 nitrogen and oxygen atoms in total. The van der Waals surface area contributed by atoms with E-state index in [1.54, 1.807) is 31.4 Å². The maximum Gasteiger partial charge on any atom is 0.227 e. The zero-order chi connectivity index (χ0) is 19.9. The Bertz CT molecular complexity index is 848. The highest BCUT2D eigenvalue weighted by Crippen LogP contribution is 2.35. The Morgan fingerprint density at radius 3 is 2.36 bits per heavy atom. The minimum Gasteiger partial charge on any atom is -0.545 e. The molecule has 0 atom stereocenters. The summed E-state index contributed by atoms with van der Waals surface area (Å²) in [5, 5.41) is 14.0. The number of hydrogen-bond acceptors (Lipinski definition) is 7. The first-order chi connectivity index (χ1) is 13.6. The molecular formula is C20H20NO7-. The molecule has 0 saturated heterocycles. The minimum absolute atomic E-state index is 0.0347. The summed E-state index contributed by atoms with van der Waals surface area (Å²) in [6.45, 7) is 0.998. The number of ether oxygens (including phenoxy) is 4. The van der Waals surface area contributed by atoms with Crippen LogP contribution in [-0.2, 0) is 4.79 Å². The number of anilines is 1. The Kier molecular flexibility index (Phi) is 6.21. The minimum atomic E-state index is -1.42. The molecule has 0 saturated carbocycles. The maximum atomic E-state index is 12.2. The molecule has 0 spiro atoms. The molecule has 0 bridgehead atoms. The topological polar surface area (TPSA) is 106 Å². The number of carbonyl (C=O) groups excluding carboxylic acids is 2. The van der Waals surface area contributed by atoms with Crippen molar-refractivity contribution >= 4 is 17.6 Å². The summed E-state index contributed by atoms with van der Waals surface area (Å²) in [5.74, 6) is 0.185. The lowest BCUT2D eigenvalue weighted by molar-refractivity contribution is -0.254. The van der Waals surface area contributed by atoms with Crippen molar-refractivity contribution in [1.29, 1.82) is 0 Å². The van der Waals surface area contributed by atoms with E-state index >= 15 is 0 Å². The average Bonchev–Trinajstić information content (AvgIpc) is 2.92. The first-order valence-corrected chi connectivity index (χ1v) is 8.78. The Morgan fingerprint density at radius 1 is 1.07 bits per heavy atom. The molecule has 1 heterocycles. The smallest absolute Gasteiger partial charge is 0.227 e. The van der Waals surface area contributed by atoms with Gasteiger partial charge in [0.05, 0.1) is 45.0 Å². The van der Waals surface area contributed by atoms with E-state index in [2.05, 4.69) is 5.32 Å². The van der Waals surface area contributed by atoms with Crippen molar-refractivity contribution in [2.75, 3.05) is 32.2 Å². The lowest BCUT2D eigenvalue weighted by atomic mass is 10.1. The fourth-order valence-electron chi connectivity index (χ4n) is 2.63. The van der Waals surface area contributed by atoms with Gasteiger partial charge in [-0.05, 0) is 30.3 Å². The molecule has 0 aliphatic carbocycles. The molecule has 3 rings (SSSR count). The molecule has 1 N–H and O–H groups in total. The van der Waals surface area contributed by atoms with E-state index in [0.717, 1.165) is 0 Å². The first kappa shape index (κ1) is 19.3. The number of carboxylic acids is 1. The van der Waals surface area contributed by atoms with Gasteiger partial charge < -0.3 is 34.2 Å². The van der Waals surface area contributed by atoms with Gasteiger partial charge in [0.25, 0.3) is 0 Å². The molecular weight excluding hydrogens is 366 g/mol. The van der Waals surface area contributed by atoms with Gasteiger partial charge in [0.2, 0.25) is 5.91 Å². The van der Waals surface area contributed by atoms with Crippen molar-refractivity contribution in [3.05, 3.63) is 42.0 Å². The van der Waals surface area contributed by atoms with Crippen molar-refractivity contribution in [2.24, 2.45) is 0 Å². The van der Waals surface area contributed by atoms with E-state index < -0.39 is 11.9 Å². The number of benzene rings is 2. The van der Waals surface area contributed by atoms with Crippen molar-refractivity contribution in [1.82, 2.24) is 0 Å². The Hall–Kier alpha value is -3.42. The van der Waals surface area contributed by atoms with Crippen LogP contribution in [0.2, 0.25) is 0 Å². The third-order valence-electron chi connectivity index (χ3n) is 4.04. The van der Waals surface area contributed by atoms with E-state index in [0.29, 0.717) is 42.6 Å². The molecule has 1 aliphatic rings. The molecule has 1 aliphatic heterocycles. The molecule has 2 aromatic carbocycles. The Morgan fingerprint density at radius 2 is 1.71 bits per heavy atom. The van der Waals surface area contributed by atoms with E-state index in [9.17, 15) is 14.7 Å². The highest BCUT2D eigenvalue weighted by atomic mass is 16.5. The third-order valence-corrected chi connectivity index (χ3v) is 4.04. The van der Waals surface area contributed by atoms with Gasteiger partial charge in [0.15, 0.2) is 11.5 Å². The second-order valence-electron chi connectivity index (χ2n) is 6.00. The number of fused-ring (bicyclic) bond motifs is 1. The first-order valence-electron chi connectivity index (χ1n) is 8.78. The van der Waals surface area contributed by atoms with Crippen LogP contribution in [0.25, 0.3) is 0 Å². The number of carboxylic acid groups (broad SMARTS) is 1. The number of amides is 1. The van der Waals surface area contributed by atoms with Gasteiger partial charge in [-0.3, -0.25) is 4.79 Å². The summed E-state index contributed by atoms with van der Waals surface area (Å²) in [6.07, 6.45) is 0.715. The standard InChI is InChI=1S/C20H21NO7/c1-25-13-3-5-14(6-4-13)26-10-7-19(22)21-16-12-18-17(11-15(16)20(23)24)27-8-2-9-28-18/h3-6,11-12H,2,7-10H2,1H3,(H,21,22)(H,23,24)/p-1. The fraction of sp³-hybridized carbons (Fsp3) is 0.300. The van der Waals surface area contributed by atoms with Gasteiger partial charge in [0, 0.05) is 18.1 Å². The highest BCUT2D eigenvalue weighted by Gasteiger charge is 2.17. The van der Waals surface area contributed by atoms with E-state index in [4.69, 9.17) is 18.9 Å². The van der Waals surface area contributed by atoms with Crippen molar-refractivity contribution in [3.63, 3.8) is 0 Å². The van der Waals surface area contributed by atoms with Crippen LogP contribution in [0.4, 0.5) is 5.69 Å². The summed E-state index contributed by atoms with van der Waals surface area (Å²) in [5.41, 5.74) is -0.0765. The summed E-state index contributed by atoms with van der Waals surface area (Å²) in [6, 6.07) is 9.70. The third kappa shape index (κ3) is 4.85. The molecule has 0 aromatic heterocycles. The quantitative estimate of drug-likeness (QED) is 0.771. The molecule has 8 heteroatoms. The SMILES string of the molecule is COc1ccc(OCCC(=O)Nc2cc3c(cc2C(=O)[O-])OCCCO3)cc1. The molecule has 28 heavy (non-hydrogen) atoms. The van der Waals surface area contributed by atoms with Crippen LogP contribution < -0.4 is 29.4 Å². The normalized spacial score (nSPS) is 12.6. The van der Waals surface area contributed by atoms with E-state index in [1.807, 2.05) is 0 Å². The molecule has 2 aromatic rings. The number of rotatable bonds is 7. The number of hydrogen-bond donors (Lipinski definition) is 1. The van der Waals surface area contributed by atoms with Crippen LogP contribution in [0.1, 0.15) is 23.2 Å². The van der Waals surface area contributed by atoms with E-state index in [1.165, 1.54) is 12.1 Å². The summed E-state index contributed by atoms with van der Waals surface area (Å²) >= 11 is 0. The van der Waals surface area contributed by atoms with Crippen LogP contribution in [0.5, 0.6) is 23.0 Å². The van der Waals surface area contributed by atoms with Crippen LogP contribution in [-0.4, -0.2) is 38.8 Å². The van der Waals surface area contributed by atoms with Crippen molar-refractivity contribution in [3.8, 4) is 23.0 Å². The number of methoxy groups -OCH3 is 1. The lowest BCUT2D eigenvalue weighted by Crippen LogP contribution is -2.25. The molecule has 0 unspecified atom stereocenters. The van der Waals surface area contributed by atoms with Crippen molar-refractivity contribution in [2.45, 2.75) is 12.8 Å². The molecule has 148 valence electrons. The maximum absolute atomic E-state index is 12.2. The summed E-state index contributed by atoms with van der Waals surface area (Å²) < 4.78 is 21.6. The lowest BCUT2D eigenvalue weighted by Gasteiger charge is -2.16. The van der Waals surface area contributed by atoms with Gasteiger partial charge >= 0.3 is 0 Å². The number of carbonyl (C=O) groups is 2. The predicted molar refractivity (Wildman–Crippen MR) is 98.1 cm³/mol. The van der Waals surface area contributed by atoms with Crippen LogP contribution in [0.3, 0.4) is 0 Å². The average molecular weight is 386 g/mol. The van der Waals surface area contributed by atoms with Crippen LogP contribution in [0.15, 0.2) is 36.4 Å². The Balaban J connectivity index is 1.62. The van der Waals surface area contributed by atoms with Crippen LogP contribution in [0, 0.1) is 0 Å². The largest absolute Gasteiger partial charge is 0.545 e. The Labute approximate surface area is 162 Å². The molecule has 0 radical (unpaired) electrons. The van der Waals surface area contributed by atoms with Gasteiger partial charge in [-0.1, -0.05) is 0 Å². The van der Waals surface area contributed by atoms with Gasteiger partial charge in [0.1, 0.15) is 11.5 Å². The molecule has 0 fully saturated rings. The van der Waals surface area contributed by atoms with Gasteiger partial charge in [-0.25, -0.2) is 0 Å². The monoisotopic (exact) mass is 386 g/mol. The second-order valence-corrected chi connectivity index (χ2v) is 6.00. The van der Waals surface area contributed by atoms with E-state index in [-0.39, 0.29) is 24.3 Å². The zero-order valence-corrected chi connectivity index (χ0v) is 15.4. The summed E-state index contributed by atoms with van der Waals surface area (Å²) in [7, 11) is 1.57. The van der Waals surface area contributed by atoms with Gasteiger partial charge in [-0.15, -0.1) is 0 Å². The van der Waals surface area contributed by atoms with Crippen molar-refractivity contribution < 1.29 is 33.6 Å². The second kappa shape index (κ2) is 8.98. The zero-order valence-electron chi connectivity index (χ0n) is 15.4. The molecule has 1 amide bonds. The van der Waals surface area contributed by atoms with Crippen LogP contribution >= 0.6 is 0 Å². The fourth-order valence-corrected chi connectivity index (χ4v) is 2.63. The van der Waals surface area contributed by atoms with Gasteiger partial charge in [-0.2, -0.15) is 0 Å². The highest BCUT2D eigenvalue weighted by molar-refractivity contribution is 6.00. The summed E-state index contributed by atoms with van der Waals surface area (Å²) in [4.78, 5) is 23.7.